The summed E-state index contributed by atoms with van der Waals surface area (Å²) in [5.74, 6) is -0.796. The summed E-state index contributed by atoms with van der Waals surface area (Å²) in [4.78, 5) is 14.3. The second-order valence-corrected chi connectivity index (χ2v) is 11.1. The molecular weight excluding hydrogens is 418 g/mol. The molecular formula is C23H41NO6S. The number of sulfone groups is 1. The molecule has 0 aromatic rings. The smallest absolute Gasteiger partial charge is 0.350 e. The van der Waals surface area contributed by atoms with E-state index in [9.17, 15) is 23.4 Å². The zero-order valence-corrected chi connectivity index (χ0v) is 20.5. The molecule has 0 saturated carbocycles. The van der Waals surface area contributed by atoms with Gasteiger partial charge in [-0.2, -0.15) is 0 Å². The van der Waals surface area contributed by atoms with Gasteiger partial charge in [-0.05, 0) is 36.3 Å². The quantitative estimate of drug-likeness (QED) is 0.233. The van der Waals surface area contributed by atoms with E-state index in [1.807, 2.05) is 18.7 Å². The van der Waals surface area contributed by atoms with E-state index >= 15 is 0 Å². The standard InChI is InChI=1S/C23H41NO6S/c1-5-6-7-8-9-10-15-30-22(27)21(31(4,28)29)19-16-20(18-23(2,3)17-19)24(11-13-25)12-14-26/h16,25-26H,5-15,17-18H2,1-4H3. The second kappa shape index (κ2) is 13.2. The van der Waals surface area contributed by atoms with Gasteiger partial charge in [0.25, 0.3) is 0 Å². The Morgan fingerprint density at radius 1 is 1.06 bits per heavy atom. The first-order chi connectivity index (χ1) is 14.6. The number of carbonyl (C=O) groups excluding carboxylic acids is 1. The topological polar surface area (TPSA) is 104 Å². The van der Waals surface area contributed by atoms with E-state index in [2.05, 4.69) is 6.92 Å². The number of aliphatic hydroxyl groups excluding tert-OH is 2. The first-order valence-corrected chi connectivity index (χ1v) is 13.2. The number of hydrogen-bond donors (Lipinski definition) is 2. The van der Waals surface area contributed by atoms with Crippen molar-refractivity contribution in [3.05, 3.63) is 22.3 Å². The largest absolute Gasteiger partial charge is 0.462 e. The molecule has 7 nitrogen and oxygen atoms in total. The highest BCUT2D eigenvalue weighted by molar-refractivity contribution is 7.95. The Hall–Kier alpha value is -1.38. The minimum Gasteiger partial charge on any atom is -0.462 e. The van der Waals surface area contributed by atoms with Crippen molar-refractivity contribution in [2.75, 3.05) is 39.2 Å². The molecule has 0 radical (unpaired) electrons. The third-order valence-electron chi connectivity index (χ3n) is 5.39. The molecule has 2 N–H and O–H groups in total. The highest BCUT2D eigenvalue weighted by Gasteiger charge is 2.34. The van der Waals surface area contributed by atoms with Gasteiger partial charge in [-0.15, -0.1) is 0 Å². The summed E-state index contributed by atoms with van der Waals surface area (Å²) in [7, 11) is -3.80. The van der Waals surface area contributed by atoms with Gasteiger partial charge in [-0.3, -0.25) is 0 Å². The second-order valence-electron chi connectivity index (χ2n) is 9.12. The number of allylic oxidation sites excluding steroid dienone is 3. The van der Waals surface area contributed by atoms with Gasteiger partial charge in [0.15, 0.2) is 14.7 Å². The van der Waals surface area contributed by atoms with E-state index in [4.69, 9.17) is 4.74 Å². The van der Waals surface area contributed by atoms with Crippen LogP contribution in [-0.2, 0) is 19.4 Å². The Balaban J connectivity index is 3.10. The Morgan fingerprint density at radius 2 is 1.65 bits per heavy atom. The summed E-state index contributed by atoms with van der Waals surface area (Å²) >= 11 is 0. The maximum absolute atomic E-state index is 12.8. The third-order valence-corrected chi connectivity index (χ3v) is 6.56. The van der Waals surface area contributed by atoms with E-state index in [0.29, 0.717) is 31.5 Å². The van der Waals surface area contributed by atoms with Crippen LogP contribution in [0.4, 0.5) is 0 Å². The summed E-state index contributed by atoms with van der Waals surface area (Å²) in [5, 5.41) is 18.7. The first-order valence-electron chi connectivity index (χ1n) is 11.3. The fourth-order valence-electron chi connectivity index (χ4n) is 3.99. The van der Waals surface area contributed by atoms with E-state index < -0.39 is 15.8 Å². The van der Waals surface area contributed by atoms with E-state index in [0.717, 1.165) is 37.6 Å². The van der Waals surface area contributed by atoms with Crippen LogP contribution < -0.4 is 0 Å². The van der Waals surface area contributed by atoms with Crippen molar-refractivity contribution in [2.24, 2.45) is 5.41 Å². The highest BCUT2D eigenvalue weighted by atomic mass is 32.2. The molecule has 1 aliphatic carbocycles. The van der Waals surface area contributed by atoms with E-state index in [1.165, 1.54) is 12.8 Å². The number of aliphatic hydroxyl groups is 2. The molecule has 31 heavy (non-hydrogen) atoms. The Bertz CT molecular complexity index is 733. The normalized spacial score (nSPS) is 17.8. The summed E-state index contributed by atoms with van der Waals surface area (Å²) in [6, 6.07) is 0. The number of carbonyl (C=O) groups is 1. The molecule has 0 bridgehead atoms. The maximum Gasteiger partial charge on any atom is 0.350 e. The molecule has 0 spiro atoms. The number of rotatable bonds is 14. The molecule has 180 valence electrons. The van der Waals surface area contributed by atoms with Crippen LogP contribution in [0.1, 0.15) is 72.1 Å². The Morgan fingerprint density at radius 3 is 2.19 bits per heavy atom. The van der Waals surface area contributed by atoms with Crippen molar-refractivity contribution < 1.29 is 28.2 Å². The predicted molar refractivity (Wildman–Crippen MR) is 123 cm³/mol. The van der Waals surface area contributed by atoms with Gasteiger partial charge < -0.3 is 19.8 Å². The van der Waals surface area contributed by atoms with Crippen LogP contribution in [0.3, 0.4) is 0 Å². The summed E-state index contributed by atoms with van der Waals surface area (Å²) in [6.45, 7) is 6.86. The van der Waals surface area contributed by atoms with Crippen LogP contribution in [0.15, 0.2) is 22.3 Å². The minimum absolute atomic E-state index is 0.0873. The molecule has 0 saturated heterocycles. The molecule has 0 atom stereocenters. The summed E-state index contributed by atoms with van der Waals surface area (Å²) < 4.78 is 30.4. The van der Waals surface area contributed by atoms with E-state index in [-0.39, 0.29) is 30.1 Å². The zero-order chi connectivity index (χ0) is 23.5. The molecule has 0 heterocycles. The number of esters is 1. The zero-order valence-electron chi connectivity index (χ0n) is 19.7. The maximum atomic E-state index is 12.8. The molecule has 8 heteroatoms. The van der Waals surface area contributed by atoms with Crippen molar-refractivity contribution >= 4 is 15.8 Å². The van der Waals surface area contributed by atoms with Crippen LogP contribution in [0.2, 0.25) is 0 Å². The lowest BCUT2D eigenvalue weighted by Crippen LogP contribution is -2.34. The Labute approximate surface area is 188 Å². The van der Waals surface area contributed by atoms with Crippen LogP contribution in [0, 0.1) is 5.41 Å². The van der Waals surface area contributed by atoms with Crippen LogP contribution in [0.25, 0.3) is 0 Å². The van der Waals surface area contributed by atoms with Crippen LogP contribution >= 0.6 is 0 Å². The van der Waals surface area contributed by atoms with Gasteiger partial charge in [0, 0.05) is 25.0 Å². The fraction of sp³-hybridized carbons (Fsp3) is 0.783. The van der Waals surface area contributed by atoms with Gasteiger partial charge in [0.2, 0.25) is 0 Å². The average molecular weight is 460 g/mol. The highest BCUT2D eigenvalue weighted by Crippen LogP contribution is 2.41. The lowest BCUT2D eigenvalue weighted by atomic mass is 9.76. The minimum atomic E-state index is -3.80. The van der Waals surface area contributed by atoms with Crippen molar-refractivity contribution in [2.45, 2.75) is 72.1 Å². The number of hydrogen-bond acceptors (Lipinski definition) is 7. The summed E-state index contributed by atoms with van der Waals surface area (Å²) in [6.07, 6.45) is 10.1. The number of unbranched alkanes of at least 4 members (excludes halogenated alkanes) is 5. The molecule has 0 fully saturated rings. The van der Waals surface area contributed by atoms with Crippen molar-refractivity contribution in [3.8, 4) is 0 Å². The van der Waals surface area contributed by atoms with Crippen molar-refractivity contribution in [1.29, 1.82) is 0 Å². The molecule has 1 rings (SSSR count). The first kappa shape index (κ1) is 27.7. The number of ether oxygens (including phenoxy) is 1. The van der Waals surface area contributed by atoms with Gasteiger partial charge in [-0.1, -0.05) is 52.9 Å². The molecule has 0 aromatic carbocycles. The van der Waals surface area contributed by atoms with Gasteiger partial charge in [0.1, 0.15) is 0 Å². The van der Waals surface area contributed by atoms with Crippen molar-refractivity contribution in [1.82, 2.24) is 4.90 Å². The van der Waals surface area contributed by atoms with Crippen LogP contribution in [-0.4, -0.2) is 68.7 Å². The lowest BCUT2D eigenvalue weighted by molar-refractivity contribution is -0.138. The molecule has 0 aromatic heterocycles. The number of nitrogens with zero attached hydrogens (tertiary/aromatic N) is 1. The third kappa shape index (κ3) is 9.74. The average Bonchev–Trinajstić information content (AvgIpc) is 2.65. The fourth-order valence-corrected chi connectivity index (χ4v) is 4.96. The van der Waals surface area contributed by atoms with E-state index in [1.54, 1.807) is 6.08 Å². The molecule has 0 unspecified atom stereocenters. The predicted octanol–water partition coefficient (Wildman–Crippen LogP) is 3.18. The molecule has 1 aliphatic rings. The SMILES string of the molecule is CCCCCCCCOC(=O)C(=C1C=C(N(CCO)CCO)CC(C)(C)C1)S(C)(=O)=O. The van der Waals surface area contributed by atoms with Crippen LogP contribution in [0.5, 0.6) is 0 Å². The summed E-state index contributed by atoms with van der Waals surface area (Å²) in [5.41, 5.74) is 0.958. The van der Waals surface area contributed by atoms with Crippen molar-refractivity contribution in [3.63, 3.8) is 0 Å². The molecule has 0 aliphatic heterocycles. The molecule has 0 amide bonds. The monoisotopic (exact) mass is 459 g/mol. The Kier molecular flexibility index (Phi) is 11.8. The van der Waals surface area contributed by atoms with Gasteiger partial charge >= 0.3 is 5.97 Å². The van der Waals surface area contributed by atoms with Gasteiger partial charge in [0.05, 0.1) is 19.8 Å². The van der Waals surface area contributed by atoms with Gasteiger partial charge in [-0.25, -0.2) is 13.2 Å². The lowest BCUT2D eigenvalue weighted by Gasteiger charge is -2.37.